The molecule has 1 heterocycles. The van der Waals surface area contributed by atoms with Gasteiger partial charge in [-0.05, 0) is 30.5 Å². The van der Waals surface area contributed by atoms with E-state index in [1.807, 2.05) is 0 Å². The predicted octanol–water partition coefficient (Wildman–Crippen LogP) is 1.26. The minimum atomic E-state index is -3.56. The number of nitrogens with one attached hydrogen (secondary N) is 1. The van der Waals surface area contributed by atoms with E-state index >= 15 is 0 Å². The molecule has 1 aromatic carbocycles. The first-order chi connectivity index (χ1) is 9.03. The smallest absolute Gasteiger partial charge is 0.240 e. The quantitative estimate of drug-likeness (QED) is 0.877. The van der Waals surface area contributed by atoms with Crippen LogP contribution in [0.25, 0.3) is 0 Å². The van der Waals surface area contributed by atoms with E-state index in [4.69, 9.17) is 22.1 Å². The average Bonchev–Trinajstić information content (AvgIpc) is 2.39. The molecule has 0 aliphatic carbocycles. The number of benzene rings is 1. The molecule has 19 heavy (non-hydrogen) atoms. The second-order valence-corrected chi connectivity index (χ2v) is 6.61. The van der Waals surface area contributed by atoms with Crippen LogP contribution in [0.2, 0.25) is 5.02 Å². The SMILES string of the molecule is NCc1ccc(S(=O)(=O)NC2CCCOC2)cc1Cl. The first-order valence-electron chi connectivity index (χ1n) is 6.11. The zero-order valence-corrected chi connectivity index (χ0v) is 12.0. The lowest BCUT2D eigenvalue weighted by Crippen LogP contribution is -2.40. The Balaban J connectivity index is 2.16. The standard InChI is InChI=1S/C12H17ClN2O3S/c13-12-6-11(4-3-9(12)7-14)19(16,17)15-10-2-1-5-18-8-10/h3-4,6,10,15H,1-2,5,7-8,14H2. The normalized spacial score (nSPS) is 20.4. The summed E-state index contributed by atoms with van der Waals surface area (Å²) in [5, 5.41) is 0.366. The summed E-state index contributed by atoms with van der Waals surface area (Å²) in [6.07, 6.45) is 1.65. The van der Waals surface area contributed by atoms with Crippen molar-refractivity contribution in [3.05, 3.63) is 28.8 Å². The van der Waals surface area contributed by atoms with E-state index in [1.54, 1.807) is 6.07 Å². The highest BCUT2D eigenvalue weighted by Crippen LogP contribution is 2.21. The molecule has 106 valence electrons. The second-order valence-electron chi connectivity index (χ2n) is 4.49. The van der Waals surface area contributed by atoms with Gasteiger partial charge in [0.1, 0.15) is 0 Å². The van der Waals surface area contributed by atoms with Gasteiger partial charge in [0.05, 0.1) is 11.5 Å². The van der Waals surface area contributed by atoms with Crippen LogP contribution >= 0.6 is 11.6 Å². The largest absolute Gasteiger partial charge is 0.380 e. The fourth-order valence-corrected chi connectivity index (χ4v) is 3.59. The highest BCUT2D eigenvalue weighted by atomic mass is 35.5. The predicted molar refractivity (Wildman–Crippen MR) is 73.5 cm³/mol. The lowest BCUT2D eigenvalue weighted by molar-refractivity contribution is 0.0774. The molecule has 0 bridgehead atoms. The van der Waals surface area contributed by atoms with Crippen molar-refractivity contribution < 1.29 is 13.2 Å². The lowest BCUT2D eigenvalue weighted by atomic mass is 10.1. The molecule has 7 heteroatoms. The molecule has 1 aromatic rings. The monoisotopic (exact) mass is 304 g/mol. The van der Waals surface area contributed by atoms with Gasteiger partial charge in [-0.2, -0.15) is 0 Å². The van der Waals surface area contributed by atoms with Crippen LogP contribution in [-0.2, 0) is 21.3 Å². The molecule has 5 nitrogen and oxygen atoms in total. The Morgan fingerprint density at radius 1 is 1.47 bits per heavy atom. The molecule has 3 N–H and O–H groups in total. The summed E-state index contributed by atoms with van der Waals surface area (Å²) in [6.45, 7) is 1.38. The van der Waals surface area contributed by atoms with E-state index in [9.17, 15) is 8.42 Å². The molecule has 1 aliphatic heterocycles. The molecule has 0 amide bonds. The molecule has 1 unspecified atom stereocenters. The Morgan fingerprint density at radius 2 is 2.26 bits per heavy atom. The summed E-state index contributed by atoms with van der Waals surface area (Å²) in [5.41, 5.74) is 6.22. The minimum Gasteiger partial charge on any atom is -0.380 e. The van der Waals surface area contributed by atoms with Crippen LogP contribution in [0.15, 0.2) is 23.1 Å². The Hall–Kier alpha value is -0.660. The Morgan fingerprint density at radius 3 is 2.84 bits per heavy atom. The van der Waals surface area contributed by atoms with Crippen LogP contribution in [0, 0.1) is 0 Å². The number of ether oxygens (including phenoxy) is 1. The number of sulfonamides is 1. The van der Waals surface area contributed by atoms with Crippen molar-refractivity contribution in [3.8, 4) is 0 Å². The van der Waals surface area contributed by atoms with Gasteiger partial charge in [0.15, 0.2) is 0 Å². The third-order valence-corrected chi connectivity index (χ3v) is 4.91. The summed E-state index contributed by atoms with van der Waals surface area (Å²) < 4.78 is 32.3. The van der Waals surface area contributed by atoms with Gasteiger partial charge in [0.25, 0.3) is 0 Å². The van der Waals surface area contributed by atoms with E-state index < -0.39 is 10.0 Å². The molecule has 1 fully saturated rings. The van der Waals surface area contributed by atoms with Gasteiger partial charge in [-0.15, -0.1) is 0 Å². The van der Waals surface area contributed by atoms with Gasteiger partial charge >= 0.3 is 0 Å². The first kappa shape index (κ1) is 14.7. The molecule has 0 aromatic heterocycles. The van der Waals surface area contributed by atoms with Gasteiger partial charge in [-0.3, -0.25) is 0 Å². The zero-order valence-electron chi connectivity index (χ0n) is 10.4. The summed E-state index contributed by atoms with van der Waals surface area (Å²) >= 11 is 5.98. The van der Waals surface area contributed by atoms with Crippen LogP contribution in [0.3, 0.4) is 0 Å². The van der Waals surface area contributed by atoms with Gasteiger partial charge < -0.3 is 10.5 Å². The summed E-state index contributed by atoms with van der Waals surface area (Å²) in [6, 6.07) is 4.40. The number of nitrogens with two attached hydrogens (primary N) is 1. The van der Waals surface area contributed by atoms with Crippen molar-refractivity contribution in [2.45, 2.75) is 30.3 Å². The lowest BCUT2D eigenvalue weighted by Gasteiger charge is -2.23. The van der Waals surface area contributed by atoms with E-state index in [-0.39, 0.29) is 17.5 Å². The number of halogens is 1. The van der Waals surface area contributed by atoms with Crippen molar-refractivity contribution in [2.75, 3.05) is 13.2 Å². The maximum Gasteiger partial charge on any atom is 0.240 e. The van der Waals surface area contributed by atoms with Crippen LogP contribution in [0.4, 0.5) is 0 Å². The van der Waals surface area contributed by atoms with Crippen molar-refractivity contribution >= 4 is 21.6 Å². The number of hydrogen-bond acceptors (Lipinski definition) is 4. The first-order valence-corrected chi connectivity index (χ1v) is 7.97. The van der Waals surface area contributed by atoms with Crippen molar-refractivity contribution in [2.24, 2.45) is 5.73 Å². The molecule has 0 saturated carbocycles. The topological polar surface area (TPSA) is 81.4 Å². The summed E-state index contributed by atoms with van der Waals surface area (Å²) in [5.74, 6) is 0. The van der Waals surface area contributed by atoms with E-state index in [1.165, 1.54) is 12.1 Å². The minimum absolute atomic E-state index is 0.153. The average molecular weight is 305 g/mol. The van der Waals surface area contributed by atoms with E-state index in [2.05, 4.69) is 4.72 Å². The van der Waals surface area contributed by atoms with Crippen LogP contribution in [0.5, 0.6) is 0 Å². The molecular weight excluding hydrogens is 288 g/mol. The molecule has 2 rings (SSSR count). The maximum atomic E-state index is 12.2. The van der Waals surface area contributed by atoms with Gasteiger partial charge in [-0.1, -0.05) is 17.7 Å². The zero-order chi connectivity index (χ0) is 13.9. The van der Waals surface area contributed by atoms with Crippen molar-refractivity contribution in [1.29, 1.82) is 0 Å². The van der Waals surface area contributed by atoms with Crippen molar-refractivity contribution in [3.63, 3.8) is 0 Å². The molecule has 1 atom stereocenters. The fourth-order valence-electron chi connectivity index (χ4n) is 1.98. The van der Waals surface area contributed by atoms with Crippen LogP contribution < -0.4 is 10.5 Å². The number of hydrogen-bond donors (Lipinski definition) is 2. The third kappa shape index (κ3) is 3.67. The van der Waals surface area contributed by atoms with Gasteiger partial charge in [0.2, 0.25) is 10.0 Å². The third-order valence-electron chi connectivity index (χ3n) is 3.04. The van der Waals surface area contributed by atoms with Crippen LogP contribution in [-0.4, -0.2) is 27.7 Å². The fraction of sp³-hybridized carbons (Fsp3) is 0.500. The summed E-state index contributed by atoms with van der Waals surface area (Å²) in [7, 11) is -3.56. The van der Waals surface area contributed by atoms with Crippen LogP contribution in [0.1, 0.15) is 18.4 Å². The van der Waals surface area contributed by atoms with E-state index in [0.717, 1.165) is 18.4 Å². The maximum absolute atomic E-state index is 12.2. The van der Waals surface area contributed by atoms with Gasteiger partial charge in [-0.25, -0.2) is 13.1 Å². The highest BCUT2D eigenvalue weighted by molar-refractivity contribution is 7.89. The molecule has 1 saturated heterocycles. The summed E-state index contributed by atoms with van der Waals surface area (Å²) in [4.78, 5) is 0.153. The molecule has 1 aliphatic rings. The van der Waals surface area contributed by atoms with E-state index in [0.29, 0.717) is 18.2 Å². The number of rotatable bonds is 4. The van der Waals surface area contributed by atoms with Crippen molar-refractivity contribution in [1.82, 2.24) is 4.72 Å². The Labute approximate surface area is 118 Å². The second kappa shape index (κ2) is 6.19. The Kier molecular flexibility index (Phi) is 4.81. The molecule has 0 radical (unpaired) electrons. The highest BCUT2D eigenvalue weighted by Gasteiger charge is 2.22. The van der Waals surface area contributed by atoms with Gasteiger partial charge in [0, 0.05) is 24.2 Å². The molecular formula is C12H17ClN2O3S. The molecule has 0 spiro atoms. The Bertz CT molecular complexity index is 542.